The van der Waals surface area contributed by atoms with Crippen molar-refractivity contribution < 1.29 is 9.72 Å². The lowest BCUT2D eigenvalue weighted by Crippen LogP contribution is -2.31. The Kier molecular flexibility index (Phi) is 4.72. The molecular weight excluding hydrogens is 268 g/mol. The predicted octanol–water partition coefficient (Wildman–Crippen LogP) is 2.48. The fraction of sp³-hybridized carbons (Fsp3) is 0.312. The SMILES string of the molecule is C#CCN(CC1CC1)C(=O)/C=C/c1ccccc1[N+](=O)[O-]. The van der Waals surface area contributed by atoms with Crippen LogP contribution in [-0.2, 0) is 4.79 Å². The summed E-state index contributed by atoms with van der Waals surface area (Å²) in [4.78, 5) is 24.2. The van der Waals surface area contributed by atoms with Gasteiger partial charge in [-0.2, -0.15) is 0 Å². The number of rotatable bonds is 6. The van der Waals surface area contributed by atoms with Crippen molar-refractivity contribution >= 4 is 17.7 Å². The number of carbonyl (C=O) groups excluding carboxylic acids is 1. The van der Waals surface area contributed by atoms with Crippen LogP contribution in [0.3, 0.4) is 0 Å². The van der Waals surface area contributed by atoms with E-state index in [0.29, 0.717) is 18.0 Å². The standard InChI is InChI=1S/C16H16N2O3/c1-2-11-17(12-13-7-8-13)16(19)10-9-14-5-3-4-6-15(14)18(20)21/h1,3-6,9-10,13H,7-8,11-12H2/b10-9+. The van der Waals surface area contributed by atoms with Crippen LogP contribution in [0.25, 0.3) is 6.08 Å². The second-order valence-corrected chi connectivity index (χ2v) is 5.02. The molecule has 2 rings (SSSR count). The number of benzene rings is 1. The first-order valence-corrected chi connectivity index (χ1v) is 6.75. The van der Waals surface area contributed by atoms with Gasteiger partial charge in [0.05, 0.1) is 17.0 Å². The van der Waals surface area contributed by atoms with Crippen LogP contribution in [0, 0.1) is 28.4 Å². The van der Waals surface area contributed by atoms with Gasteiger partial charge in [0.25, 0.3) is 5.69 Å². The number of carbonyl (C=O) groups is 1. The molecule has 1 aliphatic carbocycles. The van der Waals surface area contributed by atoms with Crippen LogP contribution in [0.4, 0.5) is 5.69 Å². The Balaban J connectivity index is 2.10. The Hall–Kier alpha value is -2.61. The number of nitro groups is 1. The van der Waals surface area contributed by atoms with Gasteiger partial charge in [-0.25, -0.2) is 0 Å². The van der Waals surface area contributed by atoms with Crippen molar-refractivity contribution in [3.8, 4) is 12.3 Å². The summed E-state index contributed by atoms with van der Waals surface area (Å²) in [6.07, 6.45) is 10.3. The first kappa shape index (κ1) is 14.8. The molecule has 0 aliphatic heterocycles. The van der Waals surface area contributed by atoms with Crippen LogP contribution in [0.15, 0.2) is 30.3 Å². The van der Waals surface area contributed by atoms with Crippen molar-refractivity contribution in [2.75, 3.05) is 13.1 Å². The van der Waals surface area contributed by atoms with E-state index >= 15 is 0 Å². The Labute approximate surface area is 123 Å². The number of terminal acetylenes is 1. The molecule has 21 heavy (non-hydrogen) atoms. The number of nitrogens with zero attached hydrogens (tertiary/aromatic N) is 2. The third-order valence-electron chi connectivity index (χ3n) is 3.31. The van der Waals surface area contributed by atoms with Crippen LogP contribution < -0.4 is 0 Å². The maximum atomic E-state index is 12.1. The Morgan fingerprint density at radius 2 is 2.19 bits per heavy atom. The summed E-state index contributed by atoms with van der Waals surface area (Å²) in [5.41, 5.74) is 0.384. The molecule has 5 heteroatoms. The van der Waals surface area contributed by atoms with Crippen molar-refractivity contribution in [1.82, 2.24) is 4.90 Å². The normalized spacial score (nSPS) is 13.9. The monoisotopic (exact) mass is 284 g/mol. The van der Waals surface area contributed by atoms with Gasteiger partial charge >= 0.3 is 0 Å². The average molecular weight is 284 g/mol. The summed E-state index contributed by atoms with van der Waals surface area (Å²) in [5.74, 6) is 2.81. The number of hydrogen-bond acceptors (Lipinski definition) is 3. The van der Waals surface area contributed by atoms with E-state index in [1.165, 1.54) is 18.2 Å². The quantitative estimate of drug-likeness (QED) is 0.349. The van der Waals surface area contributed by atoms with Gasteiger partial charge in [0.1, 0.15) is 0 Å². The lowest BCUT2D eigenvalue weighted by Gasteiger charge is -2.17. The zero-order valence-electron chi connectivity index (χ0n) is 11.6. The molecule has 1 saturated carbocycles. The molecule has 0 radical (unpaired) electrons. The van der Waals surface area contributed by atoms with E-state index in [2.05, 4.69) is 5.92 Å². The Morgan fingerprint density at radius 1 is 1.48 bits per heavy atom. The summed E-state index contributed by atoms with van der Waals surface area (Å²) in [6, 6.07) is 6.30. The lowest BCUT2D eigenvalue weighted by molar-refractivity contribution is -0.385. The molecule has 0 N–H and O–H groups in total. The molecule has 0 unspecified atom stereocenters. The molecule has 1 aromatic carbocycles. The van der Waals surface area contributed by atoms with E-state index in [0.717, 1.165) is 12.8 Å². The van der Waals surface area contributed by atoms with Crippen LogP contribution in [0.2, 0.25) is 0 Å². The fourth-order valence-electron chi connectivity index (χ4n) is 2.02. The van der Waals surface area contributed by atoms with Gasteiger partial charge in [-0.05, 0) is 30.9 Å². The third kappa shape index (κ3) is 4.18. The highest BCUT2D eigenvalue weighted by Crippen LogP contribution is 2.29. The van der Waals surface area contributed by atoms with E-state index in [4.69, 9.17) is 6.42 Å². The summed E-state index contributed by atoms with van der Waals surface area (Å²) in [7, 11) is 0. The molecular formula is C16H16N2O3. The highest BCUT2D eigenvalue weighted by Gasteiger charge is 2.25. The molecule has 5 nitrogen and oxygen atoms in total. The van der Waals surface area contributed by atoms with E-state index in [1.54, 1.807) is 23.1 Å². The van der Waals surface area contributed by atoms with Crippen LogP contribution >= 0.6 is 0 Å². The Morgan fingerprint density at radius 3 is 2.81 bits per heavy atom. The second-order valence-electron chi connectivity index (χ2n) is 5.02. The lowest BCUT2D eigenvalue weighted by atomic mass is 10.1. The molecule has 0 spiro atoms. The maximum Gasteiger partial charge on any atom is 0.276 e. The van der Waals surface area contributed by atoms with E-state index < -0.39 is 4.92 Å². The molecule has 1 amide bonds. The van der Waals surface area contributed by atoms with Crippen molar-refractivity contribution in [2.24, 2.45) is 5.92 Å². The van der Waals surface area contributed by atoms with Crippen LogP contribution in [0.1, 0.15) is 18.4 Å². The van der Waals surface area contributed by atoms with Crippen molar-refractivity contribution in [3.05, 3.63) is 46.0 Å². The minimum absolute atomic E-state index is 0.0211. The summed E-state index contributed by atoms with van der Waals surface area (Å²) in [5, 5.41) is 10.9. The third-order valence-corrected chi connectivity index (χ3v) is 3.31. The smallest absolute Gasteiger partial charge is 0.276 e. The molecule has 0 saturated heterocycles. The van der Waals surface area contributed by atoms with Gasteiger partial charge in [-0.1, -0.05) is 18.1 Å². The predicted molar refractivity (Wildman–Crippen MR) is 80.3 cm³/mol. The van der Waals surface area contributed by atoms with Gasteiger partial charge in [0.15, 0.2) is 0 Å². The van der Waals surface area contributed by atoms with Crippen LogP contribution in [0.5, 0.6) is 0 Å². The molecule has 1 fully saturated rings. The Bertz CT molecular complexity index is 612. The highest BCUT2D eigenvalue weighted by atomic mass is 16.6. The number of hydrogen-bond donors (Lipinski definition) is 0. The molecule has 108 valence electrons. The maximum absolute atomic E-state index is 12.1. The zero-order chi connectivity index (χ0) is 15.2. The van der Waals surface area contributed by atoms with Gasteiger partial charge in [0, 0.05) is 18.7 Å². The molecule has 0 bridgehead atoms. The summed E-state index contributed by atoms with van der Waals surface area (Å²) >= 11 is 0. The summed E-state index contributed by atoms with van der Waals surface area (Å²) < 4.78 is 0. The van der Waals surface area contributed by atoms with Gasteiger partial charge in [-0.3, -0.25) is 14.9 Å². The molecule has 0 atom stereocenters. The van der Waals surface area contributed by atoms with Gasteiger partial charge < -0.3 is 4.90 Å². The van der Waals surface area contributed by atoms with Crippen LogP contribution in [-0.4, -0.2) is 28.8 Å². The van der Waals surface area contributed by atoms with Gasteiger partial charge in [-0.15, -0.1) is 6.42 Å². The molecule has 1 aromatic rings. The van der Waals surface area contributed by atoms with Gasteiger partial charge in [0.2, 0.25) is 5.91 Å². The van der Waals surface area contributed by atoms with E-state index in [1.807, 2.05) is 0 Å². The highest BCUT2D eigenvalue weighted by molar-refractivity contribution is 5.92. The topological polar surface area (TPSA) is 63.5 Å². The largest absolute Gasteiger partial charge is 0.328 e. The second kappa shape index (κ2) is 6.71. The van der Waals surface area contributed by atoms with Crippen molar-refractivity contribution in [3.63, 3.8) is 0 Å². The number of nitro benzene ring substituents is 1. The van der Waals surface area contributed by atoms with E-state index in [9.17, 15) is 14.9 Å². The number of para-hydroxylation sites is 1. The first-order chi connectivity index (χ1) is 10.1. The minimum Gasteiger partial charge on any atom is -0.328 e. The van der Waals surface area contributed by atoms with Crippen molar-refractivity contribution in [1.29, 1.82) is 0 Å². The first-order valence-electron chi connectivity index (χ1n) is 6.75. The minimum atomic E-state index is -0.465. The van der Waals surface area contributed by atoms with E-state index in [-0.39, 0.29) is 18.1 Å². The fourth-order valence-corrected chi connectivity index (χ4v) is 2.02. The molecule has 1 aliphatic rings. The number of amides is 1. The molecule has 0 aromatic heterocycles. The van der Waals surface area contributed by atoms with Crippen molar-refractivity contribution in [2.45, 2.75) is 12.8 Å². The zero-order valence-corrected chi connectivity index (χ0v) is 11.6. The molecule has 0 heterocycles. The summed E-state index contributed by atoms with van der Waals surface area (Å²) in [6.45, 7) is 0.917. The average Bonchev–Trinajstić information content (AvgIpc) is 3.28.